The van der Waals surface area contributed by atoms with E-state index in [1.54, 1.807) is 48.5 Å². The van der Waals surface area contributed by atoms with Gasteiger partial charge in [0.2, 0.25) is 0 Å². The maximum absolute atomic E-state index is 15.1. The third-order valence-corrected chi connectivity index (χ3v) is 8.80. The summed E-state index contributed by atoms with van der Waals surface area (Å²) in [7, 11) is -4.41. The van der Waals surface area contributed by atoms with Crippen LogP contribution in [0.1, 0.15) is 25.6 Å². The Morgan fingerprint density at radius 3 is 2.23 bits per heavy atom. The van der Waals surface area contributed by atoms with Gasteiger partial charge in [-0.05, 0) is 65.0 Å². The lowest BCUT2D eigenvalue weighted by atomic mass is 10.0. The number of ether oxygens (including phenoxy) is 1. The van der Waals surface area contributed by atoms with Crippen LogP contribution in [0, 0.1) is 11.6 Å². The van der Waals surface area contributed by atoms with Crippen molar-refractivity contribution in [2.45, 2.75) is 11.5 Å². The SMILES string of the molecule is O=C(Nc1ccc(OCc2cccc(NS(=O)(=O)c3ccsc3C(=O)O)c2F)c(F)c1)c1ccc(-c2ccc(O)cc2)cc1. The number of hydrogen-bond donors (Lipinski definition) is 4. The van der Waals surface area contributed by atoms with Crippen molar-refractivity contribution in [3.8, 4) is 22.6 Å². The Hall–Kier alpha value is -5.27. The predicted octanol–water partition coefficient (Wildman–Crippen LogP) is 6.73. The molecule has 44 heavy (non-hydrogen) atoms. The number of halogens is 2. The molecule has 0 aliphatic carbocycles. The second-order valence-corrected chi connectivity index (χ2v) is 11.9. The number of nitrogens with one attached hydrogen (secondary N) is 2. The average Bonchev–Trinajstić information content (AvgIpc) is 3.51. The minimum Gasteiger partial charge on any atom is -0.508 e. The van der Waals surface area contributed by atoms with Crippen LogP contribution >= 0.6 is 11.3 Å². The van der Waals surface area contributed by atoms with Crippen molar-refractivity contribution in [1.29, 1.82) is 0 Å². The van der Waals surface area contributed by atoms with Crippen LogP contribution in [-0.2, 0) is 16.6 Å². The lowest BCUT2D eigenvalue weighted by molar-refractivity contribution is 0.0698. The molecular weight excluding hydrogens is 614 g/mol. The fraction of sp³-hybridized carbons (Fsp3) is 0.0323. The summed E-state index contributed by atoms with van der Waals surface area (Å²) >= 11 is 0.715. The topological polar surface area (TPSA) is 142 Å². The number of anilines is 2. The highest BCUT2D eigenvalue weighted by Gasteiger charge is 2.25. The summed E-state index contributed by atoms with van der Waals surface area (Å²) in [6, 6.07) is 22.0. The van der Waals surface area contributed by atoms with Crippen molar-refractivity contribution < 1.29 is 41.7 Å². The fourth-order valence-corrected chi connectivity index (χ4v) is 6.48. The molecule has 5 rings (SSSR count). The van der Waals surface area contributed by atoms with E-state index in [1.807, 2.05) is 4.72 Å². The number of amides is 1. The molecule has 0 aliphatic rings. The highest BCUT2D eigenvalue weighted by Crippen LogP contribution is 2.28. The van der Waals surface area contributed by atoms with Crippen LogP contribution in [-0.4, -0.2) is 30.5 Å². The van der Waals surface area contributed by atoms with Crippen molar-refractivity contribution in [2.24, 2.45) is 0 Å². The van der Waals surface area contributed by atoms with Gasteiger partial charge < -0.3 is 20.3 Å². The first-order valence-corrected chi connectivity index (χ1v) is 15.1. The standard InChI is InChI=1S/C31H22F2N2O7S2/c32-24-16-22(34-30(37)20-6-4-18(5-7-20)19-8-11-23(36)12-9-19)10-13-26(24)42-17-21-2-1-3-25(28(21)33)35-44(40,41)27-14-15-43-29(27)31(38)39/h1-16,35-36H,17H2,(H,34,37)(H,38,39). The van der Waals surface area contributed by atoms with Crippen LogP contribution in [0.2, 0.25) is 0 Å². The Bertz CT molecular complexity index is 1960. The van der Waals surface area contributed by atoms with Crippen molar-refractivity contribution in [1.82, 2.24) is 0 Å². The lowest BCUT2D eigenvalue weighted by Crippen LogP contribution is -2.16. The van der Waals surface area contributed by atoms with Gasteiger partial charge in [-0.1, -0.05) is 36.4 Å². The summed E-state index contributed by atoms with van der Waals surface area (Å²) in [5.41, 5.74) is 1.64. The number of phenols is 1. The first-order valence-electron chi connectivity index (χ1n) is 12.8. The average molecular weight is 637 g/mol. The Labute approximate surface area is 254 Å². The molecule has 0 atom stereocenters. The van der Waals surface area contributed by atoms with Gasteiger partial charge in [0, 0.05) is 22.9 Å². The zero-order chi connectivity index (χ0) is 31.4. The molecule has 4 aromatic carbocycles. The molecule has 1 aromatic heterocycles. The Morgan fingerprint density at radius 2 is 1.57 bits per heavy atom. The van der Waals surface area contributed by atoms with Crippen molar-refractivity contribution >= 4 is 44.6 Å². The van der Waals surface area contributed by atoms with E-state index in [4.69, 9.17) is 4.74 Å². The first kappa shape index (κ1) is 30.2. The molecule has 224 valence electrons. The Balaban J connectivity index is 1.23. The summed E-state index contributed by atoms with van der Waals surface area (Å²) in [6.45, 7) is -0.462. The molecule has 0 unspecified atom stereocenters. The molecule has 0 bridgehead atoms. The highest BCUT2D eigenvalue weighted by molar-refractivity contribution is 7.93. The molecule has 1 amide bonds. The number of hydrogen-bond acceptors (Lipinski definition) is 7. The molecule has 5 aromatic rings. The minimum atomic E-state index is -4.41. The van der Waals surface area contributed by atoms with E-state index >= 15 is 4.39 Å². The van der Waals surface area contributed by atoms with Gasteiger partial charge in [0.1, 0.15) is 22.1 Å². The lowest BCUT2D eigenvalue weighted by Gasteiger charge is -2.13. The van der Waals surface area contributed by atoms with E-state index in [2.05, 4.69) is 5.32 Å². The molecule has 0 saturated heterocycles. The number of thiophene rings is 1. The van der Waals surface area contributed by atoms with Gasteiger partial charge in [-0.2, -0.15) is 0 Å². The molecule has 9 nitrogen and oxygen atoms in total. The van der Waals surface area contributed by atoms with Crippen molar-refractivity contribution in [3.63, 3.8) is 0 Å². The smallest absolute Gasteiger partial charge is 0.347 e. The Kier molecular flexibility index (Phi) is 8.60. The van der Waals surface area contributed by atoms with Crippen molar-refractivity contribution in [2.75, 3.05) is 10.0 Å². The maximum Gasteiger partial charge on any atom is 0.347 e. The van der Waals surface area contributed by atoms with E-state index < -0.39 is 55.6 Å². The van der Waals surface area contributed by atoms with E-state index in [0.29, 0.717) is 16.9 Å². The summed E-state index contributed by atoms with van der Waals surface area (Å²) in [5.74, 6) is -3.82. The molecule has 0 fully saturated rings. The summed E-state index contributed by atoms with van der Waals surface area (Å²) in [5, 5.41) is 22.6. The predicted molar refractivity (Wildman–Crippen MR) is 161 cm³/mol. The summed E-state index contributed by atoms with van der Waals surface area (Å²) in [4.78, 5) is 23.1. The third kappa shape index (κ3) is 6.69. The molecule has 1 heterocycles. The van der Waals surface area contributed by atoms with Gasteiger partial charge >= 0.3 is 5.97 Å². The molecule has 0 saturated carbocycles. The van der Waals surface area contributed by atoms with E-state index in [-0.39, 0.29) is 22.7 Å². The third-order valence-electron chi connectivity index (χ3n) is 6.36. The molecule has 0 radical (unpaired) electrons. The summed E-state index contributed by atoms with van der Waals surface area (Å²) < 4.78 is 62.8. The Morgan fingerprint density at radius 1 is 0.886 bits per heavy atom. The van der Waals surface area contributed by atoms with Crippen LogP contribution in [0.15, 0.2) is 101 Å². The zero-order valence-electron chi connectivity index (χ0n) is 22.5. The van der Waals surface area contributed by atoms with Gasteiger partial charge in [0.05, 0.1) is 5.69 Å². The second kappa shape index (κ2) is 12.5. The first-order chi connectivity index (χ1) is 21.0. The molecule has 0 aliphatic heterocycles. The molecule has 13 heteroatoms. The summed E-state index contributed by atoms with van der Waals surface area (Å²) in [6.07, 6.45) is 0. The van der Waals surface area contributed by atoms with Gasteiger partial charge in [-0.15, -0.1) is 11.3 Å². The quantitative estimate of drug-likeness (QED) is 0.133. The van der Waals surface area contributed by atoms with Gasteiger partial charge in [-0.25, -0.2) is 22.0 Å². The molecule has 4 N–H and O–H groups in total. The number of rotatable bonds is 10. The van der Waals surface area contributed by atoms with Crippen LogP contribution in [0.4, 0.5) is 20.2 Å². The number of phenolic OH excluding ortho intramolecular Hbond substituents is 1. The molecular formula is C31H22F2N2O7S2. The number of carboxylic acids is 1. The number of carbonyl (C=O) groups excluding carboxylic acids is 1. The van der Waals surface area contributed by atoms with Gasteiger partial charge in [-0.3, -0.25) is 9.52 Å². The number of aromatic carboxylic acids is 1. The van der Waals surface area contributed by atoms with E-state index in [0.717, 1.165) is 29.3 Å². The number of benzene rings is 4. The minimum absolute atomic E-state index is 0.0958. The fourth-order valence-electron chi connectivity index (χ4n) is 4.16. The highest BCUT2D eigenvalue weighted by atomic mass is 32.2. The van der Waals surface area contributed by atoms with E-state index in [1.165, 1.54) is 29.6 Å². The van der Waals surface area contributed by atoms with Crippen LogP contribution in [0.25, 0.3) is 11.1 Å². The zero-order valence-corrected chi connectivity index (χ0v) is 24.1. The van der Waals surface area contributed by atoms with Gasteiger partial charge in [0.25, 0.3) is 15.9 Å². The van der Waals surface area contributed by atoms with E-state index in [9.17, 15) is 32.6 Å². The molecule has 0 spiro atoms. The van der Waals surface area contributed by atoms with Crippen LogP contribution in [0.5, 0.6) is 11.5 Å². The number of carbonyl (C=O) groups is 2. The van der Waals surface area contributed by atoms with Crippen LogP contribution in [0.3, 0.4) is 0 Å². The normalized spacial score (nSPS) is 11.1. The number of aromatic hydroxyl groups is 1. The number of carboxylic acid groups (broad SMARTS) is 1. The second-order valence-electron chi connectivity index (χ2n) is 9.32. The van der Waals surface area contributed by atoms with Gasteiger partial charge in [0.15, 0.2) is 17.4 Å². The maximum atomic E-state index is 15.1. The monoisotopic (exact) mass is 636 g/mol. The van der Waals surface area contributed by atoms with Crippen molar-refractivity contribution in [3.05, 3.63) is 124 Å². The number of sulfonamides is 1. The van der Waals surface area contributed by atoms with Crippen LogP contribution < -0.4 is 14.8 Å². The largest absolute Gasteiger partial charge is 0.508 e.